The number of carbonyl (C=O) groups excluding carboxylic acids is 2. The average molecular weight is 392 g/mol. The highest BCUT2D eigenvalue weighted by molar-refractivity contribution is 5.99. The minimum atomic E-state index is -0.559. The molecule has 0 saturated carbocycles. The lowest BCUT2D eigenvalue weighted by atomic mass is 10.1. The summed E-state index contributed by atoms with van der Waals surface area (Å²) in [6.07, 6.45) is 0. The number of fused-ring (bicyclic) bond motifs is 1. The third-order valence-corrected chi connectivity index (χ3v) is 4.56. The van der Waals surface area contributed by atoms with Crippen molar-refractivity contribution in [2.45, 2.75) is 13.8 Å². The monoisotopic (exact) mass is 392 g/mol. The molecule has 0 bridgehead atoms. The van der Waals surface area contributed by atoms with Crippen LogP contribution in [0.25, 0.3) is 5.69 Å². The molecule has 0 atom stereocenters. The number of aryl methyl sites for hydroxylation is 2. The Morgan fingerprint density at radius 3 is 2.34 bits per heavy atom. The van der Waals surface area contributed by atoms with E-state index in [1.165, 1.54) is 0 Å². The predicted octanol–water partition coefficient (Wildman–Crippen LogP) is 3.30. The van der Waals surface area contributed by atoms with Gasteiger partial charge in [-0.05, 0) is 62.4 Å². The van der Waals surface area contributed by atoms with E-state index in [2.05, 4.69) is 5.10 Å². The second-order valence-electron chi connectivity index (χ2n) is 6.74. The third-order valence-electron chi connectivity index (χ3n) is 4.56. The molecule has 1 aliphatic rings. The molecule has 0 aliphatic carbocycles. The van der Waals surface area contributed by atoms with Gasteiger partial charge in [0.05, 0.1) is 16.9 Å². The Bertz CT molecular complexity index is 1070. The minimum Gasteiger partial charge on any atom is -0.486 e. The van der Waals surface area contributed by atoms with Crippen molar-refractivity contribution in [1.29, 1.82) is 0 Å². The van der Waals surface area contributed by atoms with E-state index in [-0.39, 0.29) is 12.4 Å². The number of nitrogens with zero attached hydrogens (tertiary/aromatic N) is 2. The second kappa shape index (κ2) is 7.79. The largest absolute Gasteiger partial charge is 0.486 e. The topological polar surface area (TPSA) is 79.7 Å². The highest BCUT2D eigenvalue weighted by Crippen LogP contribution is 2.30. The molecule has 3 aromatic rings. The van der Waals surface area contributed by atoms with Gasteiger partial charge in [-0.25, -0.2) is 9.48 Å². The summed E-state index contributed by atoms with van der Waals surface area (Å²) < 4.78 is 17.9. The highest BCUT2D eigenvalue weighted by atomic mass is 16.6. The van der Waals surface area contributed by atoms with Crippen molar-refractivity contribution in [2.24, 2.45) is 0 Å². The zero-order valence-corrected chi connectivity index (χ0v) is 16.2. The molecular formula is C22H20N2O5. The predicted molar refractivity (Wildman–Crippen MR) is 105 cm³/mol. The summed E-state index contributed by atoms with van der Waals surface area (Å²) in [6.45, 7) is 4.46. The molecule has 2 heterocycles. The van der Waals surface area contributed by atoms with Crippen molar-refractivity contribution in [1.82, 2.24) is 9.78 Å². The van der Waals surface area contributed by atoms with Crippen molar-refractivity contribution in [3.63, 3.8) is 0 Å². The Morgan fingerprint density at radius 1 is 0.966 bits per heavy atom. The van der Waals surface area contributed by atoms with Crippen molar-refractivity contribution in [3.8, 4) is 17.2 Å². The first kappa shape index (κ1) is 18.7. The molecule has 0 unspecified atom stereocenters. The van der Waals surface area contributed by atoms with Gasteiger partial charge in [0.2, 0.25) is 0 Å². The van der Waals surface area contributed by atoms with Crippen LogP contribution in [0.15, 0.2) is 48.5 Å². The molecule has 0 saturated heterocycles. The van der Waals surface area contributed by atoms with Gasteiger partial charge in [-0.2, -0.15) is 5.10 Å². The van der Waals surface area contributed by atoms with E-state index in [9.17, 15) is 9.59 Å². The summed E-state index contributed by atoms with van der Waals surface area (Å²) in [4.78, 5) is 24.7. The fourth-order valence-electron chi connectivity index (χ4n) is 3.14. The van der Waals surface area contributed by atoms with Crippen molar-refractivity contribution in [2.75, 3.05) is 19.8 Å². The fraction of sp³-hybridized carbons (Fsp3) is 0.227. The Labute approximate surface area is 167 Å². The Kier molecular flexibility index (Phi) is 5.03. The minimum absolute atomic E-state index is 0.311. The third kappa shape index (κ3) is 3.99. The van der Waals surface area contributed by atoms with Gasteiger partial charge in [0, 0.05) is 11.3 Å². The van der Waals surface area contributed by atoms with Crippen LogP contribution in [0.3, 0.4) is 0 Å². The maximum absolute atomic E-state index is 12.4. The van der Waals surface area contributed by atoms with Crippen LogP contribution in [0.4, 0.5) is 0 Å². The number of rotatable bonds is 5. The molecule has 7 heteroatoms. The number of benzene rings is 2. The number of carbonyl (C=O) groups is 2. The molecule has 0 spiro atoms. The summed E-state index contributed by atoms with van der Waals surface area (Å²) in [5, 5.41) is 4.42. The molecule has 2 aromatic carbocycles. The number of ether oxygens (including phenoxy) is 3. The zero-order valence-electron chi connectivity index (χ0n) is 16.2. The van der Waals surface area contributed by atoms with Gasteiger partial charge < -0.3 is 14.2 Å². The highest BCUT2D eigenvalue weighted by Gasteiger charge is 2.17. The van der Waals surface area contributed by atoms with Crippen LogP contribution in [-0.4, -0.2) is 41.4 Å². The summed E-state index contributed by atoms with van der Waals surface area (Å²) in [6, 6.07) is 13.8. The first-order valence-corrected chi connectivity index (χ1v) is 9.25. The normalized spacial score (nSPS) is 12.5. The van der Waals surface area contributed by atoms with Crippen LogP contribution in [0, 0.1) is 13.8 Å². The Morgan fingerprint density at radius 2 is 1.66 bits per heavy atom. The van der Waals surface area contributed by atoms with E-state index in [4.69, 9.17) is 14.2 Å². The molecule has 29 heavy (non-hydrogen) atoms. The summed E-state index contributed by atoms with van der Waals surface area (Å²) in [5.41, 5.74) is 3.54. The summed E-state index contributed by atoms with van der Waals surface area (Å²) in [5.74, 6) is 0.256. The van der Waals surface area contributed by atoms with Crippen LogP contribution in [0.5, 0.6) is 11.5 Å². The lowest BCUT2D eigenvalue weighted by Gasteiger charge is -2.18. The van der Waals surface area contributed by atoms with E-state index in [0.29, 0.717) is 35.8 Å². The van der Waals surface area contributed by atoms with E-state index in [0.717, 1.165) is 17.1 Å². The number of ketones is 1. The molecule has 0 amide bonds. The summed E-state index contributed by atoms with van der Waals surface area (Å²) >= 11 is 0. The zero-order chi connectivity index (χ0) is 20.4. The number of hydrogen-bond acceptors (Lipinski definition) is 6. The van der Waals surface area contributed by atoms with E-state index in [1.54, 1.807) is 47.1 Å². The standard InChI is InChI=1S/C22H20N2O5/c1-14-11-15(2)24(23-14)18-6-3-16(4-7-18)22(26)29-13-19(25)17-5-8-20-21(12-17)28-10-9-27-20/h3-8,11-12H,9-10,13H2,1-2H3. The molecule has 7 nitrogen and oxygen atoms in total. The second-order valence-corrected chi connectivity index (χ2v) is 6.74. The maximum Gasteiger partial charge on any atom is 0.338 e. The molecule has 1 aliphatic heterocycles. The number of aromatic nitrogens is 2. The van der Waals surface area contributed by atoms with E-state index >= 15 is 0 Å². The lowest BCUT2D eigenvalue weighted by Crippen LogP contribution is -2.17. The van der Waals surface area contributed by atoms with Crippen molar-refractivity contribution < 1.29 is 23.8 Å². The van der Waals surface area contributed by atoms with Crippen molar-refractivity contribution in [3.05, 3.63) is 71.0 Å². The van der Waals surface area contributed by atoms with Gasteiger partial charge in [-0.1, -0.05) is 0 Å². The van der Waals surface area contributed by atoms with Crippen LogP contribution in [0.1, 0.15) is 32.1 Å². The Hall–Kier alpha value is -3.61. The number of Topliss-reactive ketones (excluding diaryl/α,β-unsaturated/α-hetero) is 1. The van der Waals surface area contributed by atoms with Gasteiger partial charge in [0.1, 0.15) is 13.2 Å². The van der Waals surface area contributed by atoms with Gasteiger partial charge in [0.25, 0.3) is 0 Å². The van der Waals surface area contributed by atoms with Gasteiger partial charge in [-0.15, -0.1) is 0 Å². The van der Waals surface area contributed by atoms with Gasteiger partial charge >= 0.3 is 5.97 Å². The van der Waals surface area contributed by atoms with Crippen LogP contribution >= 0.6 is 0 Å². The van der Waals surface area contributed by atoms with E-state index in [1.807, 2.05) is 19.9 Å². The molecule has 1 aromatic heterocycles. The molecule has 0 fully saturated rings. The average Bonchev–Trinajstić information content (AvgIpc) is 3.09. The molecule has 4 rings (SSSR count). The lowest BCUT2D eigenvalue weighted by molar-refractivity contribution is 0.0474. The van der Waals surface area contributed by atoms with Gasteiger partial charge in [0.15, 0.2) is 23.9 Å². The fourth-order valence-corrected chi connectivity index (χ4v) is 3.14. The molecule has 0 radical (unpaired) electrons. The first-order chi connectivity index (χ1) is 14.0. The van der Waals surface area contributed by atoms with Crippen molar-refractivity contribution >= 4 is 11.8 Å². The SMILES string of the molecule is Cc1cc(C)n(-c2ccc(C(=O)OCC(=O)c3ccc4c(c3)OCCO4)cc2)n1. The molecule has 148 valence electrons. The molecule has 0 N–H and O–H groups in total. The van der Waals surface area contributed by atoms with Gasteiger partial charge in [-0.3, -0.25) is 4.79 Å². The molecular weight excluding hydrogens is 372 g/mol. The smallest absolute Gasteiger partial charge is 0.338 e. The van der Waals surface area contributed by atoms with E-state index < -0.39 is 5.97 Å². The first-order valence-electron chi connectivity index (χ1n) is 9.25. The number of hydrogen-bond donors (Lipinski definition) is 0. The maximum atomic E-state index is 12.4. The van der Waals surface area contributed by atoms with Crippen LogP contribution in [0.2, 0.25) is 0 Å². The summed E-state index contributed by atoms with van der Waals surface area (Å²) in [7, 11) is 0. The van der Waals surface area contributed by atoms with Crippen LogP contribution in [-0.2, 0) is 4.74 Å². The number of esters is 1. The van der Waals surface area contributed by atoms with Crippen LogP contribution < -0.4 is 9.47 Å². The Balaban J connectivity index is 1.39. The quantitative estimate of drug-likeness (QED) is 0.490.